The summed E-state index contributed by atoms with van der Waals surface area (Å²) in [5, 5.41) is 5.08. The van der Waals surface area contributed by atoms with Crippen LogP contribution >= 0.6 is 0 Å². The number of pyridine rings is 1. The van der Waals surface area contributed by atoms with Gasteiger partial charge in [0.15, 0.2) is 0 Å². The molecule has 2 aromatic heterocycles. The predicted molar refractivity (Wildman–Crippen MR) is 148 cm³/mol. The highest BCUT2D eigenvalue weighted by molar-refractivity contribution is 7.92. The molecule has 1 fully saturated rings. The van der Waals surface area contributed by atoms with Crippen LogP contribution in [-0.2, 0) is 14.8 Å². The number of nitrogens with zero attached hydrogens (tertiary/aromatic N) is 3. The number of hydrogen-bond acceptors (Lipinski definition) is 7. The van der Waals surface area contributed by atoms with Crippen LogP contribution in [0.15, 0.2) is 53.4 Å². The van der Waals surface area contributed by atoms with Crippen molar-refractivity contribution in [2.45, 2.75) is 37.2 Å². The first-order valence-corrected chi connectivity index (χ1v) is 13.8. The van der Waals surface area contributed by atoms with Gasteiger partial charge in [-0.25, -0.2) is 8.42 Å². The van der Waals surface area contributed by atoms with Gasteiger partial charge in [0, 0.05) is 47.5 Å². The molecular weight excluding hydrogens is 506 g/mol. The molecule has 1 aliphatic rings. The number of methoxy groups -OCH3 is 2. The lowest BCUT2D eigenvalue weighted by molar-refractivity contribution is -0.117. The van der Waals surface area contributed by atoms with Crippen LogP contribution in [0.25, 0.3) is 21.8 Å². The highest BCUT2D eigenvalue weighted by atomic mass is 32.2. The average Bonchev–Trinajstić information content (AvgIpc) is 3.30. The predicted octanol–water partition coefficient (Wildman–Crippen LogP) is 4.01. The van der Waals surface area contributed by atoms with Crippen LogP contribution in [0.2, 0.25) is 0 Å². The smallest absolute Gasteiger partial charge is 0.264 e. The fraction of sp³-hybridized carbons (Fsp3) is 0.333. The Bertz CT molecular complexity index is 1610. The van der Waals surface area contributed by atoms with Crippen molar-refractivity contribution in [1.29, 1.82) is 0 Å². The van der Waals surface area contributed by atoms with Crippen LogP contribution in [0.1, 0.15) is 26.2 Å². The lowest BCUT2D eigenvalue weighted by Gasteiger charge is -2.34. The van der Waals surface area contributed by atoms with Gasteiger partial charge in [0.25, 0.3) is 10.0 Å². The van der Waals surface area contributed by atoms with Crippen molar-refractivity contribution in [1.82, 2.24) is 15.3 Å². The molecule has 3 heterocycles. The van der Waals surface area contributed by atoms with E-state index in [0.29, 0.717) is 5.88 Å². The number of anilines is 2. The number of H-pyrrole nitrogens is 1. The van der Waals surface area contributed by atoms with Crippen LogP contribution in [0.5, 0.6) is 11.8 Å². The van der Waals surface area contributed by atoms with Crippen molar-refractivity contribution in [3.05, 3.63) is 48.5 Å². The van der Waals surface area contributed by atoms with Crippen LogP contribution in [0.3, 0.4) is 0 Å². The number of rotatable bonds is 7. The molecule has 0 saturated carbocycles. The molecule has 0 radical (unpaired) electrons. The van der Waals surface area contributed by atoms with E-state index in [1.165, 1.54) is 21.3 Å². The fourth-order valence-electron chi connectivity index (χ4n) is 5.02. The second kappa shape index (κ2) is 10.1. The van der Waals surface area contributed by atoms with Crippen LogP contribution in [-0.4, -0.2) is 58.3 Å². The number of sulfonamides is 1. The molecule has 2 aromatic carbocycles. The van der Waals surface area contributed by atoms with Gasteiger partial charge in [-0.15, -0.1) is 0 Å². The Hall–Kier alpha value is -3.83. The minimum atomic E-state index is -3.93. The molecule has 38 heavy (non-hydrogen) atoms. The molecule has 5 rings (SSSR count). The highest BCUT2D eigenvalue weighted by Crippen LogP contribution is 2.35. The van der Waals surface area contributed by atoms with E-state index in [1.807, 2.05) is 18.2 Å². The third-order valence-electron chi connectivity index (χ3n) is 6.98. The summed E-state index contributed by atoms with van der Waals surface area (Å²) in [6.07, 6.45) is 3.03. The van der Waals surface area contributed by atoms with Gasteiger partial charge in [-0.1, -0.05) is 6.07 Å². The molecule has 0 aliphatic carbocycles. The minimum absolute atomic E-state index is 0.0280. The molecule has 200 valence electrons. The minimum Gasteiger partial charge on any atom is -0.481 e. The maximum Gasteiger partial charge on any atom is 0.264 e. The standard InChI is InChI=1S/C27H31N5O5S/c1-17(33)32(25-7-5-6-14-28-25)18-8-10-20-21-16-19(9-11-22(21)29-23(20)15-18)38(34,35)31(2)24-12-13-26(36-3)30-27(24)37-4/h8-13,15-16,25,28-29H,5-7,14H2,1-4H3. The monoisotopic (exact) mass is 537 g/mol. The van der Waals surface area contributed by atoms with Crippen molar-refractivity contribution in [3.63, 3.8) is 0 Å². The molecule has 1 aliphatic heterocycles. The van der Waals surface area contributed by atoms with Gasteiger partial charge in [0.05, 0.1) is 25.3 Å². The van der Waals surface area contributed by atoms with Crippen molar-refractivity contribution in [2.24, 2.45) is 0 Å². The molecule has 10 nitrogen and oxygen atoms in total. The number of ether oxygens (including phenoxy) is 2. The summed E-state index contributed by atoms with van der Waals surface area (Å²) in [4.78, 5) is 22.1. The Kier molecular flexibility index (Phi) is 6.89. The van der Waals surface area contributed by atoms with Gasteiger partial charge in [0.1, 0.15) is 5.69 Å². The van der Waals surface area contributed by atoms with Crippen molar-refractivity contribution in [3.8, 4) is 11.8 Å². The van der Waals surface area contributed by atoms with E-state index in [2.05, 4.69) is 15.3 Å². The van der Waals surface area contributed by atoms with Crippen LogP contribution in [0.4, 0.5) is 11.4 Å². The van der Waals surface area contributed by atoms with Gasteiger partial charge in [-0.2, -0.15) is 4.98 Å². The number of amides is 1. The summed E-state index contributed by atoms with van der Waals surface area (Å²) < 4.78 is 38.8. The van der Waals surface area contributed by atoms with E-state index in [-0.39, 0.29) is 28.5 Å². The summed E-state index contributed by atoms with van der Waals surface area (Å²) in [6.45, 7) is 2.46. The van der Waals surface area contributed by atoms with E-state index >= 15 is 0 Å². The molecular formula is C27H31N5O5S. The largest absolute Gasteiger partial charge is 0.481 e. The number of aromatic nitrogens is 2. The van der Waals surface area contributed by atoms with Gasteiger partial charge in [-0.3, -0.25) is 19.3 Å². The van der Waals surface area contributed by atoms with E-state index < -0.39 is 10.0 Å². The summed E-state index contributed by atoms with van der Waals surface area (Å²) in [5.74, 6) is 0.428. The van der Waals surface area contributed by atoms with Crippen molar-refractivity contribution < 1.29 is 22.7 Å². The number of carbonyl (C=O) groups is 1. The zero-order valence-electron chi connectivity index (χ0n) is 21.8. The number of fused-ring (bicyclic) bond motifs is 3. The Morgan fingerprint density at radius 1 is 1.00 bits per heavy atom. The normalized spacial score (nSPS) is 15.9. The third-order valence-corrected chi connectivity index (χ3v) is 8.75. The van der Waals surface area contributed by atoms with Crippen LogP contribution < -0.4 is 24.0 Å². The summed E-state index contributed by atoms with van der Waals surface area (Å²) in [5.41, 5.74) is 2.70. The van der Waals surface area contributed by atoms with Gasteiger partial charge < -0.3 is 14.5 Å². The van der Waals surface area contributed by atoms with Gasteiger partial charge >= 0.3 is 0 Å². The molecule has 11 heteroatoms. The highest BCUT2D eigenvalue weighted by Gasteiger charge is 2.27. The molecule has 1 amide bonds. The fourth-order valence-corrected chi connectivity index (χ4v) is 6.24. The average molecular weight is 538 g/mol. The first kappa shape index (κ1) is 25.8. The van der Waals surface area contributed by atoms with Gasteiger partial charge in [-0.05, 0) is 62.2 Å². The van der Waals surface area contributed by atoms with E-state index in [1.54, 1.807) is 42.2 Å². The molecule has 4 aromatic rings. The Morgan fingerprint density at radius 2 is 1.82 bits per heavy atom. The van der Waals surface area contributed by atoms with E-state index in [4.69, 9.17) is 9.47 Å². The van der Waals surface area contributed by atoms with E-state index in [0.717, 1.165) is 57.6 Å². The number of benzene rings is 2. The maximum atomic E-state index is 13.6. The zero-order valence-corrected chi connectivity index (χ0v) is 22.6. The quantitative estimate of drug-likeness (QED) is 0.366. The molecule has 0 spiro atoms. The topological polar surface area (TPSA) is 117 Å². The third kappa shape index (κ3) is 4.52. The second-order valence-corrected chi connectivity index (χ2v) is 11.2. The Balaban J connectivity index is 1.53. The number of aromatic amines is 1. The Labute approximate surface area is 221 Å². The maximum absolute atomic E-state index is 13.6. The Morgan fingerprint density at radius 3 is 2.50 bits per heavy atom. The number of piperidine rings is 1. The molecule has 1 saturated heterocycles. The first-order valence-electron chi connectivity index (χ1n) is 12.4. The van der Waals surface area contributed by atoms with Gasteiger partial charge in [0.2, 0.25) is 17.7 Å². The van der Waals surface area contributed by atoms with Crippen LogP contribution in [0, 0.1) is 0 Å². The number of hydrogen-bond donors (Lipinski definition) is 2. The molecule has 1 atom stereocenters. The SMILES string of the molecule is COc1ccc(N(C)S(=O)(=O)c2ccc3[nH]c4cc(N(C(C)=O)C5CCCCN5)ccc4c3c2)c(OC)n1. The summed E-state index contributed by atoms with van der Waals surface area (Å²) in [6, 6.07) is 13.9. The summed E-state index contributed by atoms with van der Waals surface area (Å²) >= 11 is 0. The number of carbonyl (C=O) groups excluding carboxylic acids is 1. The number of nitrogens with one attached hydrogen (secondary N) is 2. The molecule has 0 bridgehead atoms. The lowest BCUT2D eigenvalue weighted by atomic mass is 10.1. The molecule has 2 N–H and O–H groups in total. The summed E-state index contributed by atoms with van der Waals surface area (Å²) in [7, 11) is 0.433. The zero-order chi connectivity index (χ0) is 27.0. The second-order valence-electron chi connectivity index (χ2n) is 9.27. The van der Waals surface area contributed by atoms with Crippen molar-refractivity contribution in [2.75, 3.05) is 37.0 Å². The lowest BCUT2D eigenvalue weighted by Crippen LogP contribution is -2.50. The molecule has 1 unspecified atom stereocenters. The first-order chi connectivity index (χ1) is 18.2. The van der Waals surface area contributed by atoms with Crippen molar-refractivity contribution >= 4 is 49.1 Å². The van der Waals surface area contributed by atoms with E-state index in [9.17, 15) is 13.2 Å².